The number of ether oxygens (including phenoxy) is 3. The minimum Gasteiger partial charge on any atom is -0.494 e. The topological polar surface area (TPSA) is 64.1 Å². The molecule has 0 spiro atoms. The third-order valence-electron chi connectivity index (χ3n) is 4.71. The largest absolute Gasteiger partial charge is 0.494 e. The van der Waals surface area contributed by atoms with E-state index in [0.717, 1.165) is 83.5 Å². The zero-order chi connectivity index (χ0) is 19.9. The lowest BCUT2D eigenvalue weighted by molar-refractivity contribution is 0.0205. The average molecular weight is 392 g/mol. The van der Waals surface area contributed by atoms with Crippen molar-refractivity contribution in [3.63, 3.8) is 0 Å². The molecule has 2 N–H and O–H groups in total. The predicted molar refractivity (Wildman–Crippen MR) is 114 cm³/mol. The molecule has 158 valence electrons. The van der Waals surface area contributed by atoms with Gasteiger partial charge in [0.1, 0.15) is 5.75 Å². The van der Waals surface area contributed by atoms with Crippen LogP contribution in [0.1, 0.15) is 38.7 Å². The molecule has 1 aliphatic rings. The van der Waals surface area contributed by atoms with Crippen LogP contribution in [0.3, 0.4) is 0 Å². The average Bonchev–Trinajstić information content (AvgIpc) is 2.72. The molecule has 0 aromatic heterocycles. The number of nitrogens with one attached hydrogen (secondary N) is 2. The Hall–Kier alpha value is -1.79. The standard InChI is InChI=1S/C22H37N3O3/c1-3-23-22(24-13-7-15-27-18-19-11-16-26-17-12-19)25-14-10-20-8-5-6-9-21(20)28-4-2/h5-6,8-9,19H,3-4,7,10-18H2,1-2H3,(H2,23,24,25). The summed E-state index contributed by atoms with van der Waals surface area (Å²) >= 11 is 0. The Balaban J connectivity index is 1.64. The molecule has 0 atom stereocenters. The molecule has 1 fully saturated rings. The van der Waals surface area contributed by atoms with E-state index < -0.39 is 0 Å². The monoisotopic (exact) mass is 391 g/mol. The molecule has 0 amide bonds. The van der Waals surface area contributed by atoms with Crippen molar-refractivity contribution >= 4 is 5.96 Å². The summed E-state index contributed by atoms with van der Waals surface area (Å²) in [4.78, 5) is 4.65. The van der Waals surface area contributed by atoms with E-state index in [2.05, 4.69) is 34.7 Å². The summed E-state index contributed by atoms with van der Waals surface area (Å²) in [6.45, 7) is 10.6. The highest BCUT2D eigenvalue weighted by atomic mass is 16.5. The van der Waals surface area contributed by atoms with Gasteiger partial charge < -0.3 is 24.8 Å². The molecular formula is C22H37N3O3. The van der Waals surface area contributed by atoms with Crippen molar-refractivity contribution in [1.82, 2.24) is 10.6 Å². The molecular weight excluding hydrogens is 354 g/mol. The molecule has 0 unspecified atom stereocenters. The van der Waals surface area contributed by atoms with Crippen LogP contribution in [0.15, 0.2) is 29.3 Å². The Bertz CT molecular complexity index is 560. The van der Waals surface area contributed by atoms with E-state index in [1.165, 1.54) is 5.56 Å². The highest BCUT2D eigenvalue weighted by Crippen LogP contribution is 2.18. The van der Waals surface area contributed by atoms with E-state index >= 15 is 0 Å². The molecule has 2 rings (SSSR count). The van der Waals surface area contributed by atoms with Gasteiger partial charge in [-0.2, -0.15) is 0 Å². The number of aliphatic imine (C=N–C) groups is 1. The van der Waals surface area contributed by atoms with E-state index in [-0.39, 0.29) is 0 Å². The zero-order valence-corrected chi connectivity index (χ0v) is 17.5. The molecule has 6 nitrogen and oxygen atoms in total. The van der Waals surface area contributed by atoms with Gasteiger partial charge in [0.25, 0.3) is 0 Å². The minimum absolute atomic E-state index is 0.663. The number of rotatable bonds is 12. The maximum absolute atomic E-state index is 5.81. The Morgan fingerprint density at radius 2 is 2.00 bits per heavy atom. The van der Waals surface area contributed by atoms with Gasteiger partial charge in [-0.25, -0.2) is 0 Å². The van der Waals surface area contributed by atoms with E-state index in [1.54, 1.807) is 0 Å². The van der Waals surface area contributed by atoms with E-state index in [0.29, 0.717) is 12.5 Å². The van der Waals surface area contributed by atoms with Gasteiger partial charge in [-0.3, -0.25) is 4.99 Å². The first-order chi connectivity index (χ1) is 13.8. The molecule has 1 aliphatic heterocycles. The summed E-state index contributed by atoms with van der Waals surface area (Å²) in [5, 5.41) is 6.71. The van der Waals surface area contributed by atoms with E-state index in [9.17, 15) is 0 Å². The quantitative estimate of drug-likeness (QED) is 0.326. The second kappa shape index (κ2) is 14.2. The summed E-state index contributed by atoms with van der Waals surface area (Å²) < 4.78 is 16.9. The molecule has 0 bridgehead atoms. The number of benzene rings is 1. The first kappa shape index (κ1) is 22.5. The van der Waals surface area contributed by atoms with Crippen LogP contribution < -0.4 is 15.4 Å². The Kier molecular flexibility index (Phi) is 11.4. The summed E-state index contributed by atoms with van der Waals surface area (Å²) in [6, 6.07) is 8.21. The third kappa shape index (κ3) is 8.93. The van der Waals surface area contributed by atoms with Crippen molar-refractivity contribution in [2.75, 3.05) is 52.7 Å². The van der Waals surface area contributed by atoms with Gasteiger partial charge in [-0.1, -0.05) is 18.2 Å². The fraction of sp³-hybridized carbons (Fsp3) is 0.682. The molecule has 1 aromatic rings. The van der Waals surface area contributed by atoms with Crippen LogP contribution in [0.2, 0.25) is 0 Å². The summed E-state index contributed by atoms with van der Waals surface area (Å²) in [7, 11) is 0. The van der Waals surface area contributed by atoms with Crippen LogP contribution in [0.5, 0.6) is 5.75 Å². The number of hydrogen-bond acceptors (Lipinski definition) is 4. The summed E-state index contributed by atoms with van der Waals surface area (Å²) in [6.07, 6.45) is 4.08. The van der Waals surface area contributed by atoms with Gasteiger partial charge in [0, 0.05) is 46.1 Å². The lowest BCUT2D eigenvalue weighted by Crippen LogP contribution is -2.38. The van der Waals surface area contributed by atoms with Crippen molar-refractivity contribution in [1.29, 1.82) is 0 Å². The molecule has 0 radical (unpaired) electrons. The minimum atomic E-state index is 0.663. The van der Waals surface area contributed by atoms with Crippen molar-refractivity contribution in [3.05, 3.63) is 29.8 Å². The van der Waals surface area contributed by atoms with Crippen LogP contribution in [-0.2, 0) is 15.9 Å². The van der Waals surface area contributed by atoms with Gasteiger partial charge in [-0.15, -0.1) is 0 Å². The SMILES string of the molecule is CCNC(=NCCCOCC1CCOCC1)NCCc1ccccc1OCC. The highest BCUT2D eigenvalue weighted by Gasteiger charge is 2.13. The number of guanidine groups is 1. The summed E-state index contributed by atoms with van der Waals surface area (Å²) in [5.41, 5.74) is 1.22. The lowest BCUT2D eigenvalue weighted by atomic mass is 10.0. The van der Waals surface area contributed by atoms with Gasteiger partial charge in [0.15, 0.2) is 5.96 Å². The molecule has 0 aliphatic carbocycles. The van der Waals surface area contributed by atoms with Crippen LogP contribution in [-0.4, -0.2) is 58.6 Å². The van der Waals surface area contributed by atoms with Crippen LogP contribution in [0.25, 0.3) is 0 Å². The van der Waals surface area contributed by atoms with Crippen LogP contribution in [0.4, 0.5) is 0 Å². The van der Waals surface area contributed by atoms with Gasteiger partial charge in [0.05, 0.1) is 6.61 Å². The molecule has 1 saturated heterocycles. The molecule has 1 aromatic carbocycles. The van der Waals surface area contributed by atoms with Crippen molar-refractivity contribution in [3.8, 4) is 5.75 Å². The third-order valence-corrected chi connectivity index (χ3v) is 4.71. The van der Waals surface area contributed by atoms with E-state index in [4.69, 9.17) is 14.2 Å². The number of para-hydroxylation sites is 1. The lowest BCUT2D eigenvalue weighted by Gasteiger charge is -2.21. The molecule has 28 heavy (non-hydrogen) atoms. The van der Waals surface area contributed by atoms with Crippen LogP contribution in [0, 0.1) is 5.92 Å². The highest BCUT2D eigenvalue weighted by molar-refractivity contribution is 5.79. The fourth-order valence-electron chi connectivity index (χ4n) is 3.18. The Morgan fingerprint density at radius 1 is 1.18 bits per heavy atom. The molecule has 0 saturated carbocycles. The number of hydrogen-bond donors (Lipinski definition) is 2. The van der Waals surface area contributed by atoms with E-state index in [1.807, 2.05) is 19.1 Å². The number of nitrogens with zero attached hydrogens (tertiary/aromatic N) is 1. The molecule has 1 heterocycles. The zero-order valence-electron chi connectivity index (χ0n) is 17.5. The first-order valence-corrected chi connectivity index (χ1v) is 10.7. The first-order valence-electron chi connectivity index (χ1n) is 10.7. The Labute approximate surface area is 170 Å². The maximum Gasteiger partial charge on any atom is 0.191 e. The second-order valence-electron chi connectivity index (χ2n) is 6.96. The Morgan fingerprint density at radius 3 is 2.79 bits per heavy atom. The van der Waals surface area contributed by atoms with Gasteiger partial charge in [-0.05, 0) is 57.1 Å². The van der Waals surface area contributed by atoms with Gasteiger partial charge in [0.2, 0.25) is 0 Å². The smallest absolute Gasteiger partial charge is 0.191 e. The van der Waals surface area contributed by atoms with Crippen molar-refractivity contribution < 1.29 is 14.2 Å². The predicted octanol–water partition coefficient (Wildman–Crippen LogP) is 3.02. The van der Waals surface area contributed by atoms with Crippen LogP contribution >= 0.6 is 0 Å². The van der Waals surface area contributed by atoms with Crippen molar-refractivity contribution in [2.45, 2.75) is 39.5 Å². The molecule has 6 heteroatoms. The summed E-state index contributed by atoms with van der Waals surface area (Å²) in [5.74, 6) is 2.49. The maximum atomic E-state index is 5.81. The van der Waals surface area contributed by atoms with Gasteiger partial charge >= 0.3 is 0 Å². The fourth-order valence-corrected chi connectivity index (χ4v) is 3.18. The van der Waals surface area contributed by atoms with Crippen molar-refractivity contribution in [2.24, 2.45) is 10.9 Å². The second-order valence-corrected chi connectivity index (χ2v) is 6.96. The normalized spacial score (nSPS) is 15.4.